The Morgan fingerprint density at radius 3 is 2.55 bits per heavy atom. The van der Waals surface area contributed by atoms with Crippen LogP contribution in [0.15, 0.2) is 41.5 Å². The van der Waals surface area contributed by atoms with Crippen LogP contribution in [0.5, 0.6) is 5.75 Å². The molecule has 3 aliphatic rings. The highest BCUT2D eigenvalue weighted by atomic mass is 32.1. The van der Waals surface area contributed by atoms with E-state index in [1.807, 2.05) is 30.3 Å². The molecule has 1 saturated carbocycles. The molecule has 0 spiro atoms. The zero-order valence-corrected chi connectivity index (χ0v) is 18.4. The van der Waals surface area contributed by atoms with Crippen LogP contribution >= 0.6 is 11.3 Å². The summed E-state index contributed by atoms with van der Waals surface area (Å²) in [4.78, 5) is 21.0. The molecular formula is C25H25N3O2S. The van der Waals surface area contributed by atoms with E-state index in [2.05, 4.69) is 28.8 Å². The molecule has 158 valence electrons. The molecule has 6 rings (SSSR count). The van der Waals surface area contributed by atoms with Crippen molar-refractivity contribution >= 4 is 21.6 Å². The second-order valence-electron chi connectivity index (χ2n) is 9.04. The fourth-order valence-corrected chi connectivity index (χ4v) is 5.80. The van der Waals surface area contributed by atoms with Crippen LogP contribution < -0.4 is 10.3 Å². The minimum Gasteiger partial charge on any atom is -0.490 e. The van der Waals surface area contributed by atoms with Gasteiger partial charge in [0, 0.05) is 18.0 Å². The number of thiophene rings is 1. The van der Waals surface area contributed by atoms with Crippen molar-refractivity contribution in [2.45, 2.75) is 56.7 Å². The lowest BCUT2D eigenvalue weighted by Crippen LogP contribution is -2.43. The molecule has 2 saturated heterocycles. The van der Waals surface area contributed by atoms with E-state index in [1.54, 1.807) is 10.9 Å². The Morgan fingerprint density at radius 1 is 1.10 bits per heavy atom. The van der Waals surface area contributed by atoms with Gasteiger partial charge in [-0.25, -0.2) is 4.98 Å². The van der Waals surface area contributed by atoms with Gasteiger partial charge >= 0.3 is 0 Å². The fourth-order valence-electron chi connectivity index (χ4n) is 4.89. The number of aromatic nitrogens is 2. The van der Waals surface area contributed by atoms with Crippen LogP contribution in [-0.2, 0) is 0 Å². The third kappa shape index (κ3) is 3.66. The summed E-state index contributed by atoms with van der Waals surface area (Å²) in [6.07, 6.45) is 9.05. The van der Waals surface area contributed by atoms with E-state index < -0.39 is 0 Å². The molecule has 1 aromatic carbocycles. The first kappa shape index (κ1) is 19.1. The number of hydrogen-bond donors (Lipinski definition) is 0. The van der Waals surface area contributed by atoms with Gasteiger partial charge in [0.05, 0.1) is 16.1 Å². The van der Waals surface area contributed by atoms with Gasteiger partial charge < -0.3 is 9.64 Å². The van der Waals surface area contributed by atoms with Crippen molar-refractivity contribution in [3.8, 4) is 23.3 Å². The maximum atomic E-state index is 13.1. The van der Waals surface area contributed by atoms with Gasteiger partial charge in [-0.05, 0) is 75.9 Å². The summed E-state index contributed by atoms with van der Waals surface area (Å²) in [7, 11) is 2.24. The van der Waals surface area contributed by atoms with Crippen molar-refractivity contribution in [2.24, 2.45) is 5.92 Å². The molecule has 6 heteroatoms. The Hall–Kier alpha value is -2.62. The van der Waals surface area contributed by atoms with Crippen molar-refractivity contribution < 1.29 is 4.74 Å². The van der Waals surface area contributed by atoms with Crippen molar-refractivity contribution in [2.75, 3.05) is 7.05 Å². The minimum absolute atomic E-state index is 0.0463. The van der Waals surface area contributed by atoms with E-state index in [4.69, 9.17) is 4.74 Å². The van der Waals surface area contributed by atoms with Gasteiger partial charge in [-0.15, -0.1) is 11.3 Å². The quantitative estimate of drug-likeness (QED) is 0.583. The first-order valence-corrected chi connectivity index (χ1v) is 12.0. The zero-order valence-electron chi connectivity index (χ0n) is 17.6. The van der Waals surface area contributed by atoms with E-state index in [0.29, 0.717) is 22.7 Å². The Kier molecular flexibility index (Phi) is 4.62. The van der Waals surface area contributed by atoms with Gasteiger partial charge in [0.2, 0.25) is 0 Å². The molecule has 4 heterocycles. The van der Waals surface area contributed by atoms with Gasteiger partial charge in [0.15, 0.2) is 0 Å². The summed E-state index contributed by atoms with van der Waals surface area (Å²) in [6.45, 7) is 0. The van der Waals surface area contributed by atoms with Crippen LogP contribution in [0.1, 0.15) is 43.4 Å². The first-order valence-electron chi connectivity index (χ1n) is 11.2. The summed E-state index contributed by atoms with van der Waals surface area (Å²) in [5.41, 5.74) is 1.48. The lowest BCUT2D eigenvalue weighted by molar-refractivity contribution is 0.0662. The number of ether oxygens (including phenoxy) is 1. The minimum atomic E-state index is -0.0463. The number of nitrogens with zero attached hydrogens (tertiary/aromatic N) is 3. The molecule has 2 aliphatic heterocycles. The lowest BCUT2D eigenvalue weighted by atomic mass is 10.0. The Labute approximate surface area is 185 Å². The molecular weight excluding hydrogens is 406 g/mol. The van der Waals surface area contributed by atoms with Gasteiger partial charge in [-0.1, -0.05) is 11.8 Å². The van der Waals surface area contributed by atoms with Crippen LogP contribution in [0.25, 0.3) is 15.9 Å². The summed E-state index contributed by atoms with van der Waals surface area (Å²) < 4.78 is 8.55. The molecule has 3 atom stereocenters. The van der Waals surface area contributed by atoms with E-state index in [9.17, 15) is 4.79 Å². The molecule has 0 N–H and O–H groups in total. The van der Waals surface area contributed by atoms with Gasteiger partial charge in [-0.3, -0.25) is 9.36 Å². The van der Waals surface area contributed by atoms with Crippen LogP contribution in [0.2, 0.25) is 0 Å². The van der Waals surface area contributed by atoms with Gasteiger partial charge in [0.1, 0.15) is 22.9 Å². The van der Waals surface area contributed by atoms with E-state index in [-0.39, 0.29) is 11.7 Å². The van der Waals surface area contributed by atoms with Gasteiger partial charge in [-0.2, -0.15) is 0 Å². The van der Waals surface area contributed by atoms with Crippen LogP contribution in [0, 0.1) is 17.8 Å². The number of benzene rings is 1. The second-order valence-corrected chi connectivity index (χ2v) is 10.1. The molecule has 1 aliphatic carbocycles. The van der Waals surface area contributed by atoms with E-state index in [0.717, 1.165) is 34.7 Å². The van der Waals surface area contributed by atoms with Crippen LogP contribution in [0.4, 0.5) is 0 Å². The van der Waals surface area contributed by atoms with Crippen molar-refractivity contribution in [3.63, 3.8) is 0 Å². The molecule has 2 aromatic heterocycles. The average Bonchev–Trinajstić information content (AvgIpc) is 3.47. The standard InChI is InChI=1S/C25H25N3O2S/c1-27-18-5-6-19(27)13-21(12-18)30-20-9-7-17(8-10-20)28-15-26-23-14-22(11-4-16-2-3-16)31-24(23)25(28)29/h7-10,14-16,18-19,21H,2-3,5-6,12-13H2,1H3/t18-,19+,21+. The third-order valence-corrected chi connectivity index (χ3v) is 7.91. The predicted molar refractivity (Wildman–Crippen MR) is 123 cm³/mol. The van der Waals surface area contributed by atoms with Gasteiger partial charge in [0.25, 0.3) is 5.56 Å². The monoisotopic (exact) mass is 431 g/mol. The fraction of sp³-hybridized carbons (Fsp3) is 0.440. The van der Waals surface area contributed by atoms with Crippen LogP contribution in [0.3, 0.4) is 0 Å². The summed E-state index contributed by atoms with van der Waals surface area (Å²) in [6, 6.07) is 11.0. The Morgan fingerprint density at radius 2 is 1.84 bits per heavy atom. The lowest BCUT2D eigenvalue weighted by Gasteiger charge is -2.36. The summed E-state index contributed by atoms with van der Waals surface area (Å²) in [5.74, 6) is 7.87. The Bertz CT molecular complexity index is 1230. The first-order chi connectivity index (χ1) is 15.1. The predicted octanol–water partition coefficient (Wildman–Crippen LogP) is 4.21. The van der Waals surface area contributed by atoms with Crippen molar-refractivity contribution in [3.05, 3.63) is 51.9 Å². The molecule has 0 amide bonds. The van der Waals surface area contributed by atoms with Crippen molar-refractivity contribution in [1.29, 1.82) is 0 Å². The number of hydrogen-bond acceptors (Lipinski definition) is 5. The SMILES string of the molecule is CN1[C@@H]2CC[C@H]1C[C@@H](Oc1ccc(-n3cnc4cc(C#CC5CC5)sc4c3=O)cc1)C2. The number of rotatable bonds is 3. The normalized spacial score (nSPS) is 25.4. The second kappa shape index (κ2) is 7.51. The zero-order chi connectivity index (χ0) is 20.9. The maximum absolute atomic E-state index is 13.1. The molecule has 3 aromatic rings. The number of fused-ring (bicyclic) bond motifs is 3. The van der Waals surface area contributed by atoms with E-state index >= 15 is 0 Å². The van der Waals surface area contributed by atoms with Crippen LogP contribution in [-0.4, -0.2) is 39.7 Å². The van der Waals surface area contributed by atoms with E-state index in [1.165, 1.54) is 37.0 Å². The smallest absolute Gasteiger partial charge is 0.275 e. The average molecular weight is 432 g/mol. The highest BCUT2D eigenvalue weighted by molar-refractivity contribution is 7.19. The highest BCUT2D eigenvalue weighted by Crippen LogP contribution is 2.36. The molecule has 5 nitrogen and oxygen atoms in total. The Balaban J connectivity index is 1.21. The molecule has 31 heavy (non-hydrogen) atoms. The highest BCUT2D eigenvalue weighted by Gasteiger charge is 2.39. The van der Waals surface area contributed by atoms with Crippen molar-refractivity contribution in [1.82, 2.24) is 14.5 Å². The summed E-state index contributed by atoms with van der Waals surface area (Å²) >= 11 is 1.44. The maximum Gasteiger partial charge on any atom is 0.275 e. The summed E-state index contributed by atoms with van der Waals surface area (Å²) in [5, 5.41) is 0. The topological polar surface area (TPSA) is 47.4 Å². The number of piperidine rings is 1. The molecule has 2 bridgehead atoms. The molecule has 0 radical (unpaired) electrons. The molecule has 0 unspecified atom stereocenters. The molecule has 3 fully saturated rings. The largest absolute Gasteiger partial charge is 0.490 e. The third-order valence-electron chi connectivity index (χ3n) is 6.89.